The largest absolute Gasteiger partial charge is 0.481 e. The quantitative estimate of drug-likeness (QED) is 0.797. The van der Waals surface area contributed by atoms with Crippen LogP contribution in [0.5, 0.6) is 5.88 Å². The first kappa shape index (κ1) is 13.0. The molecule has 2 rings (SSSR count). The average Bonchev–Trinajstić information content (AvgIpc) is 2.46. The van der Waals surface area contributed by atoms with Gasteiger partial charge in [-0.05, 0) is 23.8 Å². The van der Waals surface area contributed by atoms with Crippen LogP contribution in [0.1, 0.15) is 10.4 Å². The summed E-state index contributed by atoms with van der Waals surface area (Å²) in [5.41, 5.74) is 1.27. The third-order valence-electron chi connectivity index (χ3n) is 2.65. The van der Waals surface area contributed by atoms with Gasteiger partial charge >= 0.3 is 5.97 Å². The van der Waals surface area contributed by atoms with Gasteiger partial charge in [0.1, 0.15) is 5.82 Å². The summed E-state index contributed by atoms with van der Waals surface area (Å²) in [5, 5.41) is 0. The number of hydrogen-bond donors (Lipinski definition) is 0. The highest BCUT2D eigenvalue weighted by Gasteiger charge is 2.12. The minimum absolute atomic E-state index is 0.0901. The number of methoxy groups -OCH3 is 2. The summed E-state index contributed by atoms with van der Waals surface area (Å²) in [6.45, 7) is 0. The summed E-state index contributed by atoms with van der Waals surface area (Å²) in [7, 11) is 2.73. The zero-order valence-corrected chi connectivity index (χ0v) is 10.5. The van der Waals surface area contributed by atoms with Crippen molar-refractivity contribution in [3.63, 3.8) is 0 Å². The van der Waals surface area contributed by atoms with Crippen molar-refractivity contribution < 1.29 is 18.7 Å². The van der Waals surface area contributed by atoms with E-state index in [0.717, 1.165) is 5.56 Å². The molecular formula is C14H12FNO3. The van der Waals surface area contributed by atoms with E-state index in [-0.39, 0.29) is 5.56 Å². The molecule has 0 saturated heterocycles. The van der Waals surface area contributed by atoms with Crippen LogP contribution in [0.4, 0.5) is 4.39 Å². The summed E-state index contributed by atoms with van der Waals surface area (Å²) in [5.74, 6) is -0.840. The van der Waals surface area contributed by atoms with E-state index in [0.29, 0.717) is 11.4 Å². The lowest BCUT2D eigenvalue weighted by Crippen LogP contribution is -2.04. The molecule has 0 amide bonds. The van der Waals surface area contributed by atoms with Gasteiger partial charge in [0.2, 0.25) is 5.88 Å². The standard InChI is InChI=1S/C14H12FNO3/c1-18-13-6-4-10(8-16-13)9-3-5-11(12(15)7-9)14(17)19-2/h3-8H,1-2H3. The maximum atomic E-state index is 13.8. The molecule has 2 aromatic rings. The normalized spacial score (nSPS) is 10.1. The van der Waals surface area contributed by atoms with Crippen LogP contribution in [0, 0.1) is 5.82 Å². The van der Waals surface area contributed by atoms with Gasteiger partial charge in [-0.25, -0.2) is 14.2 Å². The molecule has 5 heteroatoms. The first-order valence-corrected chi connectivity index (χ1v) is 5.54. The molecule has 0 spiro atoms. The fourth-order valence-corrected chi connectivity index (χ4v) is 1.64. The maximum Gasteiger partial charge on any atom is 0.340 e. The van der Waals surface area contributed by atoms with Gasteiger partial charge in [0, 0.05) is 17.8 Å². The molecule has 1 heterocycles. The Balaban J connectivity index is 2.35. The average molecular weight is 261 g/mol. The Hall–Kier alpha value is -2.43. The number of hydrogen-bond acceptors (Lipinski definition) is 4. The molecule has 0 radical (unpaired) electrons. The molecule has 0 saturated carbocycles. The second-order valence-electron chi connectivity index (χ2n) is 3.78. The summed E-state index contributed by atoms with van der Waals surface area (Å²) in [4.78, 5) is 15.3. The molecule has 98 valence electrons. The van der Waals surface area contributed by atoms with Crippen LogP contribution in [0.15, 0.2) is 36.5 Å². The highest BCUT2D eigenvalue weighted by Crippen LogP contribution is 2.23. The number of carbonyl (C=O) groups is 1. The van der Waals surface area contributed by atoms with Gasteiger partial charge in [-0.3, -0.25) is 0 Å². The number of aromatic nitrogens is 1. The highest BCUT2D eigenvalue weighted by molar-refractivity contribution is 5.90. The topological polar surface area (TPSA) is 48.4 Å². The van der Waals surface area contributed by atoms with E-state index in [1.165, 1.54) is 26.4 Å². The zero-order chi connectivity index (χ0) is 13.8. The molecule has 0 aliphatic rings. The Kier molecular flexibility index (Phi) is 3.75. The molecule has 1 aromatic carbocycles. The highest BCUT2D eigenvalue weighted by atomic mass is 19.1. The van der Waals surface area contributed by atoms with E-state index in [9.17, 15) is 9.18 Å². The fraction of sp³-hybridized carbons (Fsp3) is 0.143. The molecule has 0 bridgehead atoms. The van der Waals surface area contributed by atoms with Crippen LogP contribution >= 0.6 is 0 Å². The van der Waals surface area contributed by atoms with Crippen LogP contribution in [0.2, 0.25) is 0 Å². The zero-order valence-electron chi connectivity index (χ0n) is 10.5. The van der Waals surface area contributed by atoms with Crippen molar-refractivity contribution in [2.24, 2.45) is 0 Å². The number of benzene rings is 1. The van der Waals surface area contributed by atoms with E-state index in [1.807, 2.05) is 0 Å². The molecule has 1 aromatic heterocycles. The molecular weight excluding hydrogens is 249 g/mol. The maximum absolute atomic E-state index is 13.8. The SMILES string of the molecule is COC(=O)c1ccc(-c2ccc(OC)nc2)cc1F. The lowest BCUT2D eigenvalue weighted by Gasteiger charge is -2.05. The van der Waals surface area contributed by atoms with Gasteiger partial charge in [-0.2, -0.15) is 0 Å². The van der Waals surface area contributed by atoms with E-state index in [2.05, 4.69) is 9.72 Å². The van der Waals surface area contributed by atoms with Crippen LogP contribution in [0.25, 0.3) is 11.1 Å². The van der Waals surface area contributed by atoms with Crippen molar-refractivity contribution in [2.75, 3.05) is 14.2 Å². The third kappa shape index (κ3) is 2.70. The summed E-state index contributed by atoms with van der Waals surface area (Å²) >= 11 is 0. The first-order chi connectivity index (χ1) is 9.15. The van der Waals surface area contributed by atoms with Crippen LogP contribution < -0.4 is 4.74 Å². The van der Waals surface area contributed by atoms with Gasteiger partial charge < -0.3 is 9.47 Å². The first-order valence-electron chi connectivity index (χ1n) is 5.54. The summed E-state index contributed by atoms with van der Waals surface area (Å²) < 4.78 is 23.2. The minimum Gasteiger partial charge on any atom is -0.481 e. The summed E-state index contributed by atoms with van der Waals surface area (Å²) in [6.07, 6.45) is 1.57. The van der Waals surface area contributed by atoms with Crippen molar-refractivity contribution in [3.8, 4) is 17.0 Å². The van der Waals surface area contributed by atoms with Crippen molar-refractivity contribution in [3.05, 3.63) is 47.9 Å². The smallest absolute Gasteiger partial charge is 0.340 e. The van der Waals surface area contributed by atoms with Gasteiger partial charge in [-0.15, -0.1) is 0 Å². The van der Waals surface area contributed by atoms with Crippen LogP contribution in [0.3, 0.4) is 0 Å². The van der Waals surface area contributed by atoms with Gasteiger partial charge in [0.05, 0.1) is 19.8 Å². The van der Waals surface area contributed by atoms with E-state index < -0.39 is 11.8 Å². The Bertz CT molecular complexity index is 596. The Morgan fingerprint density at radius 1 is 1.16 bits per heavy atom. The lowest BCUT2D eigenvalue weighted by atomic mass is 10.1. The molecule has 4 nitrogen and oxygen atoms in total. The monoisotopic (exact) mass is 261 g/mol. The van der Waals surface area contributed by atoms with E-state index >= 15 is 0 Å². The van der Waals surface area contributed by atoms with Gasteiger partial charge in [-0.1, -0.05) is 6.07 Å². The number of esters is 1. The van der Waals surface area contributed by atoms with Gasteiger partial charge in [0.15, 0.2) is 0 Å². The van der Waals surface area contributed by atoms with Crippen molar-refractivity contribution >= 4 is 5.97 Å². The minimum atomic E-state index is -0.697. The van der Waals surface area contributed by atoms with Crippen molar-refractivity contribution in [2.45, 2.75) is 0 Å². The molecule has 0 atom stereocenters. The van der Waals surface area contributed by atoms with Crippen LogP contribution in [-0.4, -0.2) is 25.2 Å². The molecule has 19 heavy (non-hydrogen) atoms. The van der Waals surface area contributed by atoms with Crippen LogP contribution in [-0.2, 0) is 4.74 Å². The van der Waals surface area contributed by atoms with Gasteiger partial charge in [0.25, 0.3) is 0 Å². The number of nitrogens with zero attached hydrogens (tertiary/aromatic N) is 1. The predicted molar refractivity (Wildman–Crippen MR) is 67.5 cm³/mol. The summed E-state index contributed by atoms with van der Waals surface area (Å²) in [6, 6.07) is 7.75. The molecule has 0 N–H and O–H groups in total. The molecule has 0 fully saturated rings. The second kappa shape index (κ2) is 5.48. The second-order valence-corrected chi connectivity index (χ2v) is 3.78. The van der Waals surface area contributed by atoms with E-state index in [4.69, 9.17) is 4.74 Å². The molecule has 0 aliphatic carbocycles. The van der Waals surface area contributed by atoms with Crippen molar-refractivity contribution in [1.82, 2.24) is 4.98 Å². The van der Waals surface area contributed by atoms with Crippen molar-refractivity contribution in [1.29, 1.82) is 0 Å². The Morgan fingerprint density at radius 3 is 2.42 bits per heavy atom. The molecule has 0 unspecified atom stereocenters. The Morgan fingerprint density at radius 2 is 1.89 bits per heavy atom. The predicted octanol–water partition coefficient (Wildman–Crippen LogP) is 2.68. The molecule has 0 aliphatic heterocycles. The third-order valence-corrected chi connectivity index (χ3v) is 2.65. The number of carbonyl (C=O) groups excluding carboxylic acids is 1. The number of halogens is 1. The van der Waals surface area contributed by atoms with E-state index in [1.54, 1.807) is 24.4 Å². The number of rotatable bonds is 3. The number of pyridine rings is 1. The number of ether oxygens (including phenoxy) is 2. The lowest BCUT2D eigenvalue weighted by molar-refractivity contribution is 0.0595. The fourth-order valence-electron chi connectivity index (χ4n) is 1.64. The Labute approximate surface area is 109 Å².